The first-order valence-corrected chi connectivity index (χ1v) is 22.3. The number of benzene rings is 1. The summed E-state index contributed by atoms with van der Waals surface area (Å²) in [7, 11) is -1.11. The van der Waals surface area contributed by atoms with Crippen LogP contribution in [0.3, 0.4) is 0 Å². The Balaban J connectivity index is 1.42. The third-order valence-electron chi connectivity index (χ3n) is 13.2. The van der Waals surface area contributed by atoms with Crippen molar-refractivity contribution in [1.29, 1.82) is 0 Å². The van der Waals surface area contributed by atoms with E-state index in [2.05, 4.69) is 20.3 Å². The zero-order valence-corrected chi connectivity index (χ0v) is 37.2. The number of fused-ring (bicyclic) bond motifs is 3. The zero-order valence-electron chi connectivity index (χ0n) is 36.4. The van der Waals surface area contributed by atoms with E-state index in [4.69, 9.17) is 18.9 Å². The number of ether oxygens (including phenoxy) is 4. The third kappa shape index (κ3) is 9.10. The molecule has 1 aromatic carbocycles. The topological polar surface area (TPSA) is 192 Å². The fourth-order valence-corrected chi connectivity index (χ4v) is 9.57. The van der Waals surface area contributed by atoms with Crippen molar-refractivity contribution in [2.45, 2.75) is 139 Å². The fourth-order valence-electron chi connectivity index (χ4n) is 8.25. The predicted octanol–water partition coefficient (Wildman–Crippen LogP) is 5.79. The Bertz CT molecular complexity index is 2190. The van der Waals surface area contributed by atoms with E-state index in [-0.39, 0.29) is 31.2 Å². The van der Waals surface area contributed by atoms with Gasteiger partial charge < -0.3 is 34.5 Å². The molecule has 0 radical (unpaired) electrons. The lowest BCUT2D eigenvalue weighted by atomic mass is 9.84. The normalized spacial score (nSPS) is 29.2. The molecule has 18 heteroatoms. The maximum atomic E-state index is 15.2. The van der Waals surface area contributed by atoms with Gasteiger partial charge in [-0.1, -0.05) is 32.4 Å². The van der Waals surface area contributed by atoms with E-state index in [0.29, 0.717) is 67.9 Å². The number of hydrogen-bond donors (Lipinski definition) is 3. The molecule has 6 rings (SSSR count). The second-order valence-electron chi connectivity index (χ2n) is 18.3. The number of carbonyl (C=O) groups excluding carboxylic acids is 4. The van der Waals surface area contributed by atoms with Gasteiger partial charge in [0.2, 0.25) is 27.7 Å². The van der Waals surface area contributed by atoms with E-state index >= 15 is 4.79 Å². The van der Waals surface area contributed by atoms with Crippen molar-refractivity contribution in [3.8, 4) is 17.4 Å². The van der Waals surface area contributed by atoms with Gasteiger partial charge >= 0.3 is 6.09 Å². The highest BCUT2D eigenvalue weighted by Gasteiger charge is 2.64. The number of hydrogen-bond acceptors (Lipinski definition) is 11. The van der Waals surface area contributed by atoms with Gasteiger partial charge in [-0.2, -0.15) is 0 Å². The smallest absolute Gasteiger partial charge is 0.408 e. The van der Waals surface area contributed by atoms with Crippen LogP contribution in [0.15, 0.2) is 36.4 Å². The molecule has 2 aromatic rings. The van der Waals surface area contributed by atoms with E-state index in [1.165, 1.54) is 26.0 Å². The van der Waals surface area contributed by atoms with Crippen LogP contribution in [0, 0.1) is 17.8 Å². The minimum Gasteiger partial charge on any atom is -0.497 e. The SMILES string of the molecule is CCC1CC(C)CCC=CC2CC2(C(=O)NS(=O)(=O)C2(C)CC2)NC(=O)C2(C)CC(Oc3cc(OC)nc4cc(OC)ccc34)CN2C(=O)C1NC(=O)OC(C)(C)C(C)(F)F. The van der Waals surface area contributed by atoms with Gasteiger partial charge in [0.15, 0.2) is 5.60 Å². The summed E-state index contributed by atoms with van der Waals surface area (Å²) >= 11 is 0. The van der Waals surface area contributed by atoms with Gasteiger partial charge in [-0.15, -0.1) is 0 Å². The summed E-state index contributed by atoms with van der Waals surface area (Å²) in [4.78, 5) is 63.7. The third-order valence-corrected chi connectivity index (χ3v) is 15.4. The van der Waals surface area contributed by atoms with Crippen molar-refractivity contribution in [3.63, 3.8) is 0 Å². The molecule has 0 spiro atoms. The molecule has 7 atom stereocenters. The number of alkyl halides is 2. The Hall–Kier alpha value is -4.74. The fraction of sp³-hybridized carbons (Fsp3) is 0.651. The molecular formula is C43H59F2N5O10S. The maximum Gasteiger partial charge on any atom is 0.408 e. The molecule has 3 N–H and O–H groups in total. The number of pyridine rings is 1. The largest absolute Gasteiger partial charge is 0.497 e. The lowest BCUT2D eigenvalue weighted by Crippen LogP contribution is -2.64. The van der Waals surface area contributed by atoms with Crippen LogP contribution in [0.1, 0.15) is 99.8 Å². The number of aromatic nitrogens is 1. The summed E-state index contributed by atoms with van der Waals surface area (Å²) < 4.78 is 79.6. The number of halogens is 2. The van der Waals surface area contributed by atoms with Gasteiger partial charge in [-0.25, -0.2) is 27.0 Å². The van der Waals surface area contributed by atoms with E-state index < -0.39 is 85.2 Å². The lowest BCUT2D eigenvalue weighted by molar-refractivity contribution is -0.153. The summed E-state index contributed by atoms with van der Waals surface area (Å²) in [5.41, 5.74) is -5.15. The number of amides is 4. The number of sulfonamides is 1. The van der Waals surface area contributed by atoms with Gasteiger partial charge in [0.1, 0.15) is 34.7 Å². The Morgan fingerprint density at radius 1 is 1.07 bits per heavy atom. The number of nitrogens with zero attached hydrogens (tertiary/aromatic N) is 2. The number of carbonyl (C=O) groups is 4. The van der Waals surface area contributed by atoms with Crippen LogP contribution >= 0.6 is 0 Å². The molecule has 61 heavy (non-hydrogen) atoms. The summed E-state index contributed by atoms with van der Waals surface area (Å²) in [5, 5.41) is 6.09. The van der Waals surface area contributed by atoms with Crippen molar-refractivity contribution >= 4 is 44.7 Å². The standard InChI is InChI=1S/C43H59F2N5O10S/c1-10-26-19-25(2)13-11-12-14-27-22-43(27,37(53)49-61(55,56)40(5)17-18-40)48-36(52)41(6)23-29(59-32-21-33(58-9)46-31-20-28(57-8)15-16-30(31)32)24-50(41)35(51)34(26)47-38(54)60-39(3,4)42(7,44)45/h12,14-16,20-21,25-27,29,34H,10-11,13,17-19,22-24H2,1-9H3,(H,47,54)(H,48,52)(H,49,53). The molecule has 3 heterocycles. The molecule has 3 fully saturated rings. The van der Waals surface area contributed by atoms with E-state index in [1.54, 1.807) is 31.2 Å². The monoisotopic (exact) mass is 875 g/mol. The lowest BCUT2D eigenvalue weighted by Gasteiger charge is -2.39. The highest BCUT2D eigenvalue weighted by molar-refractivity contribution is 7.91. The minimum absolute atomic E-state index is 0.00956. The Morgan fingerprint density at radius 3 is 2.39 bits per heavy atom. The average Bonchev–Trinajstić information content (AvgIpc) is 4.08. The van der Waals surface area contributed by atoms with Crippen molar-refractivity contribution < 1.29 is 55.3 Å². The molecule has 2 aliphatic heterocycles. The van der Waals surface area contributed by atoms with Gasteiger partial charge in [-0.3, -0.25) is 19.1 Å². The van der Waals surface area contributed by atoms with E-state index in [1.807, 2.05) is 26.0 Å². The molecular weight excluding hydrogens is 817 g/mol. The summed E-state index contributed by atoms with van der Waals surface area (Å²) in [6.45, 7) is 9.54. The Labute approximate surface area is 356 Å². The first kappa shape index (κ1) is 45.8. The first-order valence-electron chi connectivity index (χ1n) is 20.9. The number of alkyl carbamates (subject to hydrolysis) is 1. The molecule has 4 aliphatic rings. The highest BCUT2D eigenvalue weighted by atomic mass is 32.2. The van der Waals surface area contributed by atoms with E-state index in [0.717, 1.165) is 13.8 Å². The Morgan fingerprint density at radius 2 is 1.77 bits per heavy atom. The van der Waals surface area contributed by atoms with Crippen LogP contribution in [0.25, 0.3) is 10.9 Å². The first-order chi connectivity index (χ1) is 28.4. The maximum absolute atomic E-state index is 15.2. The van der Waals surface area contributed by atoms with Crippen molar-refractivity contribution in [2.75, 3.05) is 20.8 Å². The number of rotatable bonds is 11. The molecule has 15 nitrogen and oxygen atoms in total. The van der Waals surface area contributed by atoms with Gasteiger partial charge in [0.25, 0.3) is 11.8 Å². The minimum atomic E-state index is -4.08. The molecule has 2 saturated carbocycles. The summed E-state index contributed by atoms with van der Waals surface area (Å²) in [6, 6.07) is 5.43. The summed E-state index contributed by atoms with van der Waals surface area (Å²) in [6.07, 6.45) is 4.49. The zero-order chi connectivity index (χ0) is 44.9. The van der Waals surface area contributed by atoms with Crippen molar-refractivity contribution in [1.82, 2.24) is 25.2 Å². The van der Waals surface area contributed by atoms with Crippen LogP contribution in [0.2, 0.25) is 0 Å². The summed E-state index contributed by atoms with van der Waals surface area (Å²) in [5.74, 6) is -5.70. The number of nitrogens with one attached hydrogen (secondary N) is 3. The quantitative estimate of drug-likeness (QED) is 0.232. The number of methoxy groups -OCH3 is 2. The molecule has 7 unspecified atom stereocenters. The van der Waals surface area contributed by atoms with Crippen molar-refractivity contribution in [3.05, 3.63) is 36.4 Å². The second-order valence-corrected chi connectivity index (χ2v) is 20.5. The number of allylic oxidation sites excluding steroid dienone is 1. The van der Waals surface area contributed by atoms with E-state index in [9.17, 15) is 31.6 Å². The molecule has 4 amide bonds. The molecule has 2 aliphatic carbocycles. The van der Waals surface area contributed by atoms with Gasteiger partial charge in [0, 0.05) is 36.8 Å². The molecule has 1 saturated heterocycles. The van der Waals surface area contributed by atoms with Crippen LogP contribution in [-0.2, 0) is 29.1 Å². The second kappa shape index (κ2) is 16.5. The van der Waals surface area contributed by atoms with Crippen LogP contribution in [0.5, 0.6) is 17.4 Å². The van der Waals surface area contributed by atoms with Crippen LogP contribution < -0.4 is 29.6 Å². The van der Waals surface area contributed by atoms with Gasteiger partial charge in [-0.05, 0) is 90.2 Å². The van der Waals surface area contributed by atoms with Crippen LogP contribution in [-0.4, -0.2) is 102 Å². The molecule has 1 aromatic heterocycles. The van der Waals surface area contributed by atoms with Gasteiger partial charge in [0.05, 0.1) is 31.0 Å². The van der Waals surface area contributed by atoms with Crippen molar-refractivity contribution in [2.24, 2.45) is 17.8 Å². The Kier molecular flexibility index (Phi) is 12.4. The highest BCUT2D eigenvalue weighted by Crippen LogP contribution is 2.48. The molecule has 0 bridgehead atoms. The average molecular weight is 876 g/mol. The van der Waals surface area contributed by atoms with Crippen LogP contribution in [0.4, 0.5) is 13.6 Å². The molecule has 336 valence electrons. The predicted molar refractivity (Wildman–Crippen MR) is 222 cm³/mol.